The molecule has 5 heterocycles. The van der Waals surface area contributed by atoms with Gasteiger partial charge in [-0.3, -0.25) is 4.79 Å². The third kappa shape index (κ3) is 4.91. The van der Waals surface area contributed by atoms with Gasteiger partial charge in [-0.25, -0.2) is 0 Å². The summed E-state index contributed by atoms with van der Waals surface area (Å²) < 4.78 is 31.4. The third-order valence-electron chi connectivity index (χ3n) is 10.3. The Balaban J connectivity index is 1.36. The van der Waals surface area contributed by atoms with Gasteiger partial charge in [-0.1, -0.05) is 31.2 Å². The van der Waals surface area contributed by atoms with Crippen molar-refractivity contribution in [2.45, 2.75) is 120 Å². The van der Waals surface area contributed by atoms with Gasteiger partial charge in [0.1, 0.15) is 29.8 Å². The van der Waals surface area contributed by atoms with Crippen molar-refractivity contribution in [1.29, 1.82) is 0 Å². The summed E-state index contributed by atoms with van der Waals surface area (Å²) in [6.07, 6.45) is 8.15. The molecule has 0 aromatic rings. The van der Waals surface area contributed by atoms with E-state index in [2.05, 4.69) is 20.8 Å². The quantitative estimate of drug-likeness (QED) is 0.252. The molecule has 222 valence electrons. The van der Waals surface area contributed by atoms with Crippen LogP contribution >= 0.6 is 0 Å². The summed E-state index contributed by atoms with van der Waals surface area (Å²) in [5.74, 6) is -2.18. The first-order valence-corrected chi connectivity index (χ1v) is 14.9. The zero-order chi connectivity index (χ0) is 28.4. The molecule has 9 nitrogen and oxygen atoms in total. The normalized spacial score (nSPS) is 53.0. The SMILES string of the molecule is CC1=C[C@H]2C(=O)O[C@H]3C[C@@H](C[C@@H]4O[C@@]4(C)C[C@@H](CO)/C=C/C=C4\CO[C@H]([C@@H]1O)[C@@]42O)O[C@@]1(CC[C@H](C)[C@@H](C)O1)C3. The second-order valence-electron chi connectivity index (χ2n) is 13.3. The minimum Gasteiger partial charge on any atom is -0.462 e. The van der Waals surface area contributed by atoms with Crippen LogP contribution in [-0.2, 0) is 28.5 Å². The van der Waals surface area contributed by atoms with Gasteiger partial charge in [0, 0.05) is 38.2 Å². The van der Waals surface area contributed by atoms with E-state index in [1.807, 2.05) is 6.08 Å². The molecule has 0 radical (unpaired) electrons. The van der Waals surface area contributed by atoms with E-state index < -0.39 is 47.2 Å². The van der Waals surface area contributed by atoms with Crippen LogP contribution in [0.3, 0.4) is 0 Å². The number of fused-ring (bicyclic) bond motifs is 3. The van der Waals surface area contributed by atoms with E-state index in [1.54, 1.807) is 25.2 Å². The fourth-order valence-corrected chi connectivity index (χ4v) is 7.55. The van der Waals surface area contributed by atoms with E-state index in [0.717, 1.165) is 6.42 Å². The lowest BCUT2D eigenvalue weighted by atomic mass is 9.71. The van der Waals surface area contributed by atoms with Crippen LogP contribution in [0.1, 0.15) is 66.2 Å². The second-order valence-corrected chi connectivity index (χ2v) is 13.3. The molecule has 3 N–H and O–H groups in total. The van der Waals surface area contributed by atoms with E-state index in [9.17, 15) is 20.1 Å². The van der Waals surface area contributed by atoms with Gasteiger partial charge < -0.3 is 39.0 Å². The second kappa shape index (κ2) is 10.3. The highest BCUT2D eigenvalue weighted by atomic mass is 16.7. The summed E-state index contributed by atoms with van der Waals surface area (Å²) in [5.41, 5.74) is -1.09. The molecule has 1 aliphatic carbocycles. The predicted octanol–water partition coefficient (Wildman–Crippen LogP) is 2.72. The lowest BCUT2D eigenvalue weighted by Gasteiger charge is -2.49. The first-order valence-electron chi connectivity index (χ1n) is 14.9. The number of esters is 1. The molecule has 6 aliphatic rings. The molecule has 0 aromatic carbocycles. The summed E-state index contributed by atoms with van der Waals surface area (Å²) in [6.45, 7) is 8.07. The highest BCUT2D eigenvalue weighted by Crippen LogP contribution is 2.50. The molecular weight excluding hydrogens is 516 g/mol. The van der Waals surface area contributed by atoms with Gasteiger partial charge in [0.15, 0.2) is 5.79 Å². The molecule has 9 heteroatoms. The molecule has 0 aromatic heterocycles. The minimum absolute atomic E-state index is 0.0106. The van der Waals surface area contributed by atoms with Crippen LogP contribution in [0.25, 0.3) is 0 Å². The Hall–Kier alpha value is -1.59. The standard InChI is InChI=1S/C31H44O9/c1-17-8-9-30(38-19(17)3)14-23-11-22(39-30)12-25-29(4,40-25)13-20(15-32)6-5-7-21-16-36-27-26(33)18(2)10-24(28(34)37-23)31(21,27)35/h5-7,10,17,19-20,22-27,32-33,35H,8-9,11-16H2,1-4H3/b6-5+,21-7+/t17-,19+,20-,22-,23-,24-,25-,26+,27+,29-,30-,31+/m0/s1. The smallest absolute Gasteiger partial charge is 0.316 e. The fraction of sp³-hybridized carbons (Fsp3) is 0.774. The van der Waals surface area contributed by atoms with Crippen molar-refractivity contribution in [3.05, 3.63) is 35.5 Å². The molecule has 2 bridgehead atoms. The van der Waals surface area contributed by atoms with E-state index in [-0.39, 0.29) is 37.4 Å². The molecule has 4 saturated heterocycles. The Bertz CT molecular complexity index is 1100. The maximum Gasteiger partial charge on any atom is 0.316 e. The van der Waals surface area contributed by atoms with Crippen LogP contribution in [0, 0.1) is 17.8 Å². The molecule has 5 aliphatic heterocycles. The van der Waals surface area contributed by atoms with Crippen molar-refractivity contribution in [2.24, 2.45) is 17.8 Å². The Morgan fingerprint density at radius 3 is 2.65 bits per heavy atom. The van der Waals surface area contributed by atoms with Crippen LogP contribution in [-0.4, -0.2) is 88.1 Å². The maximum absolute atomic E-state index is 13.9. The number of epoxide rings is 1. The predicted molar refractivity (Wildman–Crippen MR) is 144 cm³/mol. The van der Waals surface area contributed by atoms with Gasteiger partial charge in [-0.05, 0) is 50.7 Å². The Kier molecular flexibility index (Phi) is 7.34. The number of allylic oxidation sites excluding steroid dienone is 2. The van der Waals surface area contributed by atoms with E-state index in [1.165, 1.54) is 0 Å². The molecular formula is C31H44O9. The molecule has 0 saturated carbocycles. The largest absolute Gasteiger partial charge is 0.462 e. The van der Waals surface area contributed by atoms with Crippen LogP contribution in [0.2, 0.25) is 0 Å². The summed E-state index contributed by atoms with van der Waals surface area (Å²) >= 11 is 0. The topological polar surface area (TPSA) is 127 Å². The van der Waals surface area contributed by atoms with Gasteiger partial charge in [0.25, 0.3) is 0 Å². The lowest BCUT2D eigenvalue weighted by Crippen LogP contribution is -2.58. The fourth-order valence-electron chi connectivity index (χ4n) is 7.55. The summed E-state index contributed by atoms with van der Waals surface area (Å²) in [7, 11) is 0. The zero-order valence-corrected chi connectivity index (χ0v) is 24.0. The monoisotopic (exact) mass is 560 g/mol. The van der Waals surface area contributed by atoms with Gasteiger partial charge in [0.05, 0.1) is 30.5 Å². The summed E-state index contributed by atoms with van der Waals surface area (Å²) in [4.78, 5) is 13.9. The van der Waals surface area contributed by atoms with Gasteiger partial charge >= 0.3 is 5.97 Å². The van der Waals surface area contributed by atoms with Gasteiger partial charge in [-0.2, -0.15) is 0 Å². The molecule has 6 rings (SSSR count). The highest BCUT2D eigenvalue weighted by molar-refractivity contribution is 5.78. The zero-order valence-electron chi connectivity index (χ0n) is 24.0. The third-order valence-corrected chi connectivity index (χ3v) is 10.3. The van der Waals surface area contributed by atoms with E-state index in [4.69, 9.17) is 23.7 Å². The first kappa shape index (κ1) is 28.5. The molecule has 40 heavy (non-hydrogen) atoms. The average molecular weight is 561 g/mol. The van der Waals surface area contributed by atoms with Crippen molar-refractivity contribution in [1.82, 2.24) is 0 Å². The number of ether oxygens (including phenoxy) is 5. The van der Waals surface area contributed by atoms with Crippen molar-refractivity contribution < 1.29 is 43.8 Å². The van der Waals surface area contributed by atoms with Crippen LogP contribution in [0.4, 0.5) is 0 Å². The number of rotatable bonds is 1. The Labute approximate surface area is 236 Å². The van der Waals surface area contributed by atoms with Crippen molar-refractivity contribution >= 4 is 5.97 Å². The van der Waals surface area contributed by atoms with Crippen LogP contribution in [0.15, 0.2) is 35.5 Å². The van der Waals surface area contributed by atoms with Gasteiger partial charge in [-0.15, -0.1) is 0 Å². The number of carbonyl (C=O) groups is 1. The van der Waals surface area contributed by atoms with Crippen molar-refractivity contribution in [2.75, 3.05) is 13.2 Å². The number of hydrogen-bond acceptors (Lipinski definition) is 9. The number of hydrogen-bond donors (Lipinski definition) is 3. The molecule has 1 spiro atoms. The molecule has 0 unspecified atom stereocenters. The number of aliphatic hydroxyl groups excluding tert-OH is 2. The summed E-state index contributed by atoms with van der Waals surface area (Å²) in [5, 5.41) is 33.0. The van der Waals surface area contributed by atoms with Crippen LogP contribution in [0.5, 0.6) is 0 Å². The van der Waals surface area contributed by atoms with E-state index in [0.29, 0.717) is 49.2 Å². The Morgan fingerprint density at radius 1 is 1.10 bits per heavy atom. The van der Waals surface area contributed by atoms with Crippen LogP contribution < -0.4 is 0 Å². The highest BCUT2D eigenvalue weighted by Gasteiger charge is 2.60. The molecule has 12 atom stereocenters. The van der Waals surface area contributed by atoms with Gasteiger partial charge in [0.2, 0.25) is 0 Å². The maximum atomic E-state index is 13.9. The van der Waals surface area contributed by atoms with E-state index >= 15 is 0 Å². The number of aliphatic hydroxyl groups is 3. The first-order chi connectivity index (χ1) is 19.0. The lowest BCUT2D eigenvalue weighted by molar-refractivity contribution is -0.333. The number of carbonyl (C=O) groups excluding carboxylic acids is 1. The summed E-state index contributed by atoms with van der Waals surface area (Å²) in [6, 6.07) is 0. The molecule has 0 amide bonds. The van der Waals surface area contributed by atoms with Crippen molar-refractivity contribution in [3.63, 3.8) is 0 Å². The molecule has 4 fully saturated rings. The van der Waals surface area contributed by atoms with Crippen molar-refractivity contribution in [3.8, 4) is 0 Å². The Morgan fingerprint density at radius 2 is 1.90 bits per heavy atom. The minimum atomic E-state index is -1.75. The average Bonchev–Trinajstić information content (AvgIpc) is 3.39.